The predicted molar refractivity (Wildman–Crippen MR) is 63.0 cm³/mol. The van der Waals surface area contributed by atoms with Gasteiger partial charge in [-0.3, -0.25) is 4.79 Å². The number of sulfone groups is 1. The summed E-state index contributed by atoms with van der Waals surface area (Å²) in [5.41, 5.74) is 0.427. The van der Waals surface area contributed by atoms with Gasteiger partial charge in [-0.1, -0.05) is 0 Å². The minimum atomic E-state index is -2.95. The van der Waals surface area contributed by atoms with Gasteiger partial charge in [0.05, 0.1) is 11.5 Å². The SMILES string of the molecule is O=C(N[C@@H]1CCS(=O)(=O)C1)c1cc(Br)c[nH]1. The lowest BCUT2D eigenvalue weighted by atomic mass is 10.2. The number of carbonyl (C=O) groups excluding carboxylic acids is 1. The number of rotatable bonds is 2. The van der Waals surface area contributed by atoms with E-state index in [1.807, 2.05) is 0 Å². The number of aromatic amines is 1. The Bertz CT molecular complexity index is 509. The molecule has 2 rings (SSSR count). The number of hydrogen-bond acceptors (Lipinski definition) is 3. The molecule has 1 aliphatic heterocycles. The number of nitrogens with one attached hydrogen (secondary N) is 2. The van der Waals surface area contributed by atoms with Gasteiger partial charge in [0.2, 0.25) is 0 Å². The highest BCUT2D eigenvalue weighted by atomic mass is 79.9. The zero-order valence-electron chi connectivity index (χ0n) is 8.36. The number of amides is 1. The van der Waals surface area contributed by atoms with E-state index in [-0.39, 0.29) is 23.5 Å². The van der Waals surface area contributed by atoms with Crippen molar-refractivity contribution in [1.29, 1.82) is 0 Å². The summed E-state index contributed by atoms with van der Waals surface area (Å²) < 4.78 is 23.2. The summed E-state index contributed by atoms with van der Waals surface area (Å²) in [6.45, 7) is 0. The topological polar surface area (TPSA) is 79.0 Å². The van der Waals surface area contributed by atoms with Gasteiger partial charge in [0.1, 0.15) is 5.69 Å². The van der Waals surface area contributed by atoms with Crippen LogP contribution in [0, 0.1) is 0 Å². The van der Waals surface area contributed by atoms with Crippen LogP contribution in [-0.4, -0.2) is 36.9 Å². The van der Waals surface area contributed by atoms with Gasteiger partial charge in [-0.2, -0.15) is 0 Å². The number of H-pyrrole nitrogens is 1. The van der Waals surface area contributed by atoms with Crippen LogP contribution in [0.25, 0.3) is 0 Å². The van der Waals surface area contributed by atoms with Crippen molar-refractivity contribution in [3.63, 3.8) is 0 Å². The number of carbonyl (C=O) groups is 1. The largest absolute Gasteiger partial charge is 0.356 e. The van der Waals surface area contributed by atoms with Crippen molar-refractivity contribution in [3.05, 3.63) is 22.4 Å². The van der Waals surface area contributed by atoms with Gasteiger partial charge in [0, 0.05) is 16.7 Å². The molecule has 1 aliphatic rings. The molecule has 2 N–H and O–H groups in total. The quantitative estimate of drug-likeness (QED) is 0.844. The minimum absolute atomic E-state index is 0.0423. The average molecular weight is 307 g/mol. The molecule has 0 unspecified atom stereocenters. The van der Waals surface area contributed by atoms with Gasteiger partial charge in [-0.15, -0.1) is 0 Å². The summed E-state index contributed by atoms with van der Waals surface area (Å²) in [7, 11) is -2.95. The van der Waals surface area contributed by atoms with Crippen LogP contribution >= 0.6 is 15.9 Å². The molecule has 16 heavy (non-hydrogen) atoms. The van der Waals surface area contributed by atoms with E-state index in [1.54, 1.807) is 12.3 Å². The highest BCUT2D eigenvalue weighted by molar-refractivity contribution is 9.10. The van der Waals surface area contributed by atoms with E-state index >= 15 is 0 Å². The molecule has 1 atom stereocenters. The third kappa shape index (κ3) is 2.65. The standard InChI is InChI=1S/C9H11BrN2O3S/c10-6-3-8(11-4-6)9(13)12-7-1-2-16(14,15)5-7/h3-4,7,11H,1-2,5H2,(H,12,13)/t7-/m1/s1. The van der Waals surface area contributed by atoms with Crippen LogP contribution in [0.3, 0.4) is 0 Å². The normalized spacial score (nSPS) is 23.2. The Hall–Kier alpha value is -0.820. The van der Waals surface area contributed by atoms with Crippen LogP contribution < -0.4 is 5.32 Å². The number of hydrogen-bond donors (Lipinski definition) is 2. The molecule has 7 heteroatoms. The van der Waals surface area contributed by atoms with Crippen LogP contribution in [0.1, 0.15) is 16.9 Å². The summed E-state index contributed by atoms with van der Waals surface area (Å²) in [5.74, 6) is -0.0692. The first kappa shape index (κ1) is 11.7. The van der Waals surface area contributed by atoms with Crippen LogP contribution in [0.2, 0.25) is 0 Å². The maximum atomic E-state index is 11.7. The molecule has 0 radical (unpaired) electrons. The Morgan fingerprint density at radius 2 is 2.31 bits per heavy atom. The third-order valence-corrected chi connectivity index (χ3v) is 4.69. The molecule has 0 aromatic carbocycles. The second kappa shape index (κ2) is 4.21. The maximum Gasteiger partial charge on any atom is 0.267 e. The molecular formula is C9H11BrN2O3S. The Morgan fingerprint density at radius 1 is 1.56 bits per heavy atom. The molecule has 0 aliphatic carbocycles. The van der Waals surface area contributed by atoms with Crippen LogP contribution in [-0.2, 0) is 9.84 Å². The minimum Gasteiger partial charge on any atom is -0.356 e. The molecule has 1 aromatic rings. The van der Waals surface area contributed by atoms with Gasteiger partial charge >= 0.3 is 0 Å². The fourth-order valence-electron chi connectivity index (χ4n) is 1.67. The molecule has 1 saturated heterocycles. The summed E-state index contributed by atoms with van der Waals surface area (Å²) >= 11 is 3.22. The monoisotopic (exact) mass is 306 g/mol. The van der Waals surface area contributed by atoms with E-state index in [1.165, 1.54) is 0 Å². The Morgan fingerprint density at radius 3 is 2.81 bits per heavy atom. The Balaban J connectivity index is 1.99. The third-order valence-electron chi connectivity index (χ3n) is 2.46. The van der Waals surface area contributed by atoms with Crippen molar-refractivity contribution in [1.82, 2.24) is 10.3 Å². The van der Waals surface area contributed by atoms with E-state index in [2.05, 4.69) is 26.2 Å². The first-order valence-corrected chi connectivity index (χ1v) is 7.43. The van der Waals surface area contributed by atoms with Gasteiger partial charge in [-0.05, 0) is 28.4 Å². The fraction of sp³-hybridized carbons (Fsp3) is 0.444. The van der Waals surface area contributed by atoms with E-state index in [0.29, 0.717) is 12.1 Å². The Labute approximate surface area is 102 Å². The van der Waals surface area contributed by atoms with Crippen molar-refractivity contribution in [3.8, 4) is 0 Å². The molecule has 88 valence electrons. The average Bonchev–Trinajstić information content (AvgIpc) is 2.73. The highest BCUT2D eigenvalue weighted by Crippen LogP contribution is 2.14. The lowest BCUT2D eigenvalue weighted by Gasteiger charge is -2.09. The maximum absolute atomic E-state index is 11.7. The molecule has 1 aromatic heterocycles. The molecule has 1 amide bonds. The number of halogens is 1. The molecule has 0 saturated carbocycles. The van der Waals surface area contributed by atoms with E-state index in [4.69, 9.17) is 0 Å². The molecule has 1 fully saturated rings. The summed E-state index contributed by atoms with van der Waals surface area (Å²) in [4.78, 5) is 14.5. The molecular weight excluding hydrogens is 296 g/mol. The van der Waals surface area contributed by atoms with Gasteiger partial charge in [0.25, 0.3) is 5.91 Å². The zero-order chi connectivity index (χ0) is 11.8. The lowest BCUT2D eigenvalue weighted by molar-refractivity contribution is 0.0936. The summed E-state index contributed by atoms with van der Waals surface area (Å²) in [5, 5.41) is 2.69. The van der Waals surface area contributed by atoms with Crippen LogP contribution in [0.4, 0.5) is 0 Å². The van der Waals surface area contributed by atoms with Crippen molar-refractivity contribution in [2.24, 2.45) is 0 Å². The van der Waals surface area contributed by atoms with E-state index < -0.39 is 9.84 Å². The zero-order valence-corrected chi connectivity index (χ0v) is 10.8. The van der Waals surface area contributed by atoms with Gasteiger partial charge < -0.3 is 10.3 Å². The van der Waals surface area contributed by atoms with Crippen molar-refractivity contribution < 1.29 is 13.2 Å². The first-order chi connectivity index (χ1) is 7.46. The second-order valence-corrected chi connectivity index (χ2v) is 6.95. The fourth-order valence-corrected chi connectivity index (χ4v) is 3.69. The van der Waals surface area contributed by atoms with Crippen molar-refractivity contribution in [2.45, 2.75) is 12.5 Å². The van der Waals surface area contributed by atoms with Crippen molar-refractivity contribution >= 4 is 31.7 Å². The summed E-state index contributed by atoms with van der Waals surface area (Å²) in [6, 6.07) is 1.39. The van der Waals surface area contributed by atoms with Crippen LogP contribution in [0.5, 0.6) is 0 Å². The predicted octanol–water partition coefficient (Wildman–Crippen LogP) is 0.694. The second-order valence-electron chi connectivity index (χ2n) is 3.80. The first-order valence-electron chi connectivity index (χ1n) is 4.81. The van der Waals surface area contributed by atoms with Crippen molar-refractivity contribution in [2.75, 3.05) is 11.5 Å². The number of aromatic nitrogens is 1. The summed E-state index contributed by atoms with van der Waals surface area (Å²) in [6.07, 6.45) is 2.15. The van der Waals surface area contributed by atoms with E-state index in [9.17, 15) is 13.2 Å². The molecule has 0 spiro atoms. The van der Waals surface area contributed by atoms with Crippen LogP contribution in [0.15, 0.2) is 16.7 Å². The highest BCUT2D eigenvalue weighted by Gasteiger charge is 2.29. The molecule has 2 heterocycles. The lowest BCUT2D eigenvalue weighted by Crippen LogP contribution is -2.35. The molecule has 0 bridgehead atoms. The van der Waals surface area contributed by atoms with E-state index in [0.717, 1.165) is 4.47 Å². The molecule has 5 nitrogen and oxygen atoms in total. The smallest absolute Gasteiger partial charge is 0.267 e. The van der Waals surface area contributed by atoms with Gasteiger partial charge in [0.15, 0.2) is 9.84 Å². The Kier molecular flexibility index (Phi) is 3.07. The van der Waals surface area contributed by atoms with Gasteiger partial charge in [-0.25, -0.2) is 8.42 Å².